The first-order valence-electron chi connectivity index (χ1n) is 11.2. The molecule has 0 aliphatic heterocycles. The fourth-order valence-corrected chi connectivity index (χ4v) is 4.16. The first kappa shape index (κ1) is 23.6. The first-order valence-corrected chi connectivity index (χ1v) is 12.0. The molecule has 178 valence electrons. The minimum atomic E-state index is -0.197. The van der Waals surface area contributed by atoms with Crippen LogP contribution in [-0.4, -0.2) is 48.6 Å². The lowest BCUT2D eigenvalue weighted by Crippen LogP contribution is -2.41. The molecule has 2 unspecified atom stereocenters. The summed E-state index contributed by atoms with van der Waals surface area (Å²) in [6.07, 6.45) is 6.85. The van der Waals surface area contributed by atoms with E-state index >= 15 is 0 Å². The van der Waals surface area contributed by atoms with E-state index in [1.807, 2.05) is 32.2 Å². The van der Waals surface area contributed by atoms with Crippen molar-refractivity contribution in [3.05, 3.63) is 53.4 Å². The number of nitrogens with one attached hydrogen (secondary N) is 3. The number of carbonyl (C=O) groups is 2. The van der Waals surface area contributed by atoms with Crippen LogP contribution in [-0.2, 0) is 6.54 Å². The molecule has 0 bridgehead atoms. The Balaban J connectivity index is 1.50. The third kappa shape index (κ3) is 5.17. The highest BCUT2D eigenvalue weighted by atomic mass is 32.1. The van der Waals surface area contributed by atoms with Crippen molar-refractivity contribution in [1.29, 1.82) is 0 Å². The van der Waals surface area contributed by atoms with Gasteiger partial charge >= 0.3 is 0 Å². The van der Waals surface area contributed by atoms with Gasteiger partial charge in [-0.1, -0.05) is 20.8 Å². The number of amides is 2. The number of hydrogen-bond donors (Lipinski definition) is 3. The molecular weight excluding hydrogens is 450 g/mol. The van der Waals surface area contributed by atoms with Gasteiger partial charge in [-0.05, 0) is 37.5 Å². The topological polar surface area (TPSA) is 118 Å². The molecule has 0 saturated heterocycles. The molecule has 0 aliphatic rings. The number of nitrogens with zero attached hydrogens (tertiary/aromatic N) is 4. The van der Waals surface area contributed by atoms with Gasteiger partial charge in [-0.2, -0.15) is 5.10 Å². The molecular formula is C24H29N7O2S. The lowest BCUT2D eigenvalue weighted by atomic mass is 9.88. The molecule has 2 atom stereocenters. The van der Waals surface area contributed by atoms with Crippen molar-refractivity contribution >= 4 is 34.3 Å². The van der Waals surface area contributed by atoms with Crippen molar-refractivity contribution in [2.45, 2.75) is 53.2 Å². The van der Waals surface area contributed by atoms with E-state index in [0.717, 1.165) is 4.88 Å². The third-order valence-corrected chi connectivity index (χ3v) is 6.86. The molecule has 2 amide bonds. The molecule has 9 nitrogen and oxygen atoms in total. The number of thiophene rings is 1. The van der Waals surface area contributed by atoms with Crippen LogP contribution in [0, 0.1) is 5.41 Å². The van der Waals surface area contributed by atoms with Gasteiger partial charge in [-0.15, -0.1) is 11.3 Å². The standard InChI is InChI=1S/C24H29N7O2S/c1-14(13-31-10-6-9-27-31)28-23(33)19-8-7-18(34-19)17-12-26-21-20(30-17)16(11-25-21)22(32)29-15(2)24(3,4)5/h6-12,14-15H,13H2,1-5H3,(H,25,26)(H,28,33)(H,29,32). The van der Waals surface area contributed by atoms with Gasteiger partial charge in [-0.3, -0.25) is 14.3 Å². The molecule has 10 heteroatoms. The van der Waals surface area contributed by atoms with E-state index in [1.165, 1.54) is 11.3 Å². The Morgan fingerprint density at radius 3 is 2.68 bits per heavy atom. The van der Waals surface area contributed by atoms with E-state index in [1.54, 1.807) is 29.3 Å². The largest absolute Gasteiger partial charge is 0.349 e. The Labute approximate surface area is 202 Å². The van der Waals surface area contributed by atoms with Gasteiger partial charge in [-0.25, -0.2) is 9.97 Å². The lowest BCUT2D eigenvalue weighted by Gasteiger charge is -2.27. The molecule has 34 heavy (non-hydrogen) atoms. The molecule has 3 N–H and O–H groups in total. The quantitative estimate of drug-likeness (QED) is 0.372. The van der Waals surface area contributed by atoms with Gasteiger partial charge < -0.3 is 15.6 Å². The second-order valence-electron chi connectivity index (χ2n) is 9.48. The van der Waals surface area contributed by atoms with E-state index in [0.29, 0.717) is 33.8 Å². The zero-order chi connectivity index (χ0) is 24.5. The maximum atomic E-state index is 12.9. The fourth-order valence-electron chi connectivity index (χ4n) is 3.30. The van der Waals surface area contributed by atoms with Crippen LogP contribution in [0.4, 0.5) is 0 Å². The van der Waals surface area contributed by atoms with Crippen LogP contribution in [0.5, 0.6) is 0 Å². The van der Waals surface area contributed by atoms with E-state index in [4.69, 9.17) is 4.98 Å². The van der Waals surface area contributed by atoms with Crippen molar-refractivity contribution in [1.82, 2.24) is 35.4 Å². The zero-order valence-corrected chi connectivity index (χ0v) is 20.7. The van der Waals surface area contributed by atoms with Crippen LogP contribution in [0.2, 0.25) is 0 Å². The van der Waals surface area contributed by atoms with E-state index in [9.17, 15) is 9.59 Å². The Hall–Kier alpha value is -3.53. The Kier molecular flexibility index (Phi) is 6.52. The number of fused-ring (bicyclic) bond motifs is 1. The Morgan fingerprint density at radius 2 is 1.97 bits per heavy atom. The number of carbonyl (C=O) groups excluding carboxylic acids is 2. The van der Waals surface area contributed by atoms with E-state index in [2.05, 4.69) is 46.5 Å². The SMILES string of the molecule is CC(Cn1cccn1)NC(=O)c1ccc(-c2cnc3[nH]cc(C(=O)NC(C)C(C)(C)C)c3n2)s1. The predicted octanol–water partition coefficient (Wildman–Crippen LogP) is 3.87. The number of aromatic nitrogens is 5. The van der Waals surface area contributed by atoms with Crippen LogP contribution in [0.15, 0.2) is 43.0 Å². The molecule has 0 aromatic carbocycles. The summed E-state index contributed by atoms with van der Waals surface area (Å²) in [6.45, 7) is 10.7. The summed E-state index contributed by atoms with van der Waals surface area (Å²) < 4.78 is 1.78. The molecule has 4 heterocycles. The lowest BCUT2D eigenvalue weighted by molar-refractivity contribution is 0.0909. The van der Waals surface area contributed by atoms with Crippen molar-refractivity contribution < 1.29 is 9.59 Å². The second-order valence-corrected chi connectivity index (χ2v) is 10.6. The Bertz CT molecular complexity index is 1300. The van der Waals surface area contributed by atoms with Crippen molar-refractivity contribution in [2.75, 3.05) is 0 Å². The van der Waals surface area contributed by atoms with Crippen LogP contribution < -0.4 is 10.6 Å². The zero-order valence-electron chi connectivity index (χ0n) is 19.9. The van der Waals surface area contributed by atoms with Gasteiger partial charge in [0, 0.05) is 30.7 Å². The first-order chi connectivity index (χ1) is 16.1. The number of H-pyrrole nitrogens is 1. The molecule has 0 spiro atoms. The van der Waals surface area contributed by atoms with Crippen LogP contribution in [0.3, 0.4) is 0 Å². The summed E-state index contributed by atoms with van der Waals surface area (Å²) in [5.74, 6) is -0.347. The summed E-state index contributed by atoms with van der Waals surface area (Å²) in [7, 11) is 0. The van der Waals surface area contributed by atoms with Crippen molar-refractivity contribution in [3.8, 4) is 10.6 Å². The third-order valence-electron chi connectivity index (χ3n) is 5.75. The number of hydrogen-bond acceptors (Lipinski definition) is 6. The number of rotatable bonds is 7. The Morgan fingerprint density at radius 1 is 1.18 bits per heavy atom. The molecule has 0 fully saturated rings. The molecule has 4 aromatic rings. The summed E-state index contributed by atoms with van der Waals surface area (Å²) >= 11 is 1.34. The highest BCUT2D eigenvalue weighted by Gasteiger charge is 2.24. The van der Waals surface area contributed by atoms with Gasteiger partial charge in [0.15, 0.2) is 5.65 Å². The molecule has 4 rings (SSSR count). The minimum Gasteiger partial charge on any atom is -0.349 e. The fraction of sp³-hybridized carbons (Fsp3) is 0.375. The van der Waals surface area contributed by atoms with Gasteiger partial charge in [0.2, 0.25) is 0 Å². The van der Waals surface area contributed by atoms with Crippen molar-refractivity contribution in [3.63, 3.8) is 0 Å². The monoisotopic (exact) mass is 479 g/mol. The smallest absolute Gasteiger partial charge is 0.261 e. The van der Waals surface area contributed by atoms with Gasteiger partial charge in [0.25, 0.3) is 11.8 Å². The number of aromatic amines is 1. The predicted molar refractivity (Wildman–Crippen MR) is 133 cm³/mol. The summed E-state index contributed by atoms with van der Waals surface area (Å²) in [6, 6.07) is 5.38. The highest BCUT2D eigenvalue weighted by Crippen LogP contribution is 2.28. The van der Waals surface area contributed by atoms with E-state index < -0.39 is 0 Å². The van der Waals surface area contributed by atoms with Crippen molar-refractivity contribution in [2.24, 2.45) is 5.41 Å². The summed E-state index contributed by atoms with van der Waals surface area (Å²) in [5, 5.41) is 10.2. The van der Waals surface area contributed by atoms with Gasteiger partial charge in [0.1, 0.15) is 5.52 Å². The van der Waals surface area contributed by atoms with Gasteiger partial charge in [0.05, 0.1) is 33.8 Å². The maximum absolute atomic E-state index is 12.9. The molecule has 0 radical (unpaired) electrons. The van der Waals surface area contributed by atoms with Crippen LogP contribution in [0.1, 0.15) is 54.6 Å². The summed E-state index contributed by atoms with van der Waals surface area (Å²) in [5.41, 5.74) is 2.03. The normalized spacial score (nSPS) is 13.6. The molecule has 0 aliphatic carbocycles. The second kappa shape index (κ2) is 9.38. The average Bonchev–Trinajstić information content (AvgIpc) is 3.52. The van der Waals surface area contributed by atoms with Crippen LogP contribution in [0.25, 0.3) is 21.7 Å². The summed E-state index contributed by atoms with van der Waals surface area (Å²) in [4.78, 5) is 39.1. The maximum Gasteiger partial charge on any atom is 0.261 e. The van der Waals surface area contributed by atoms with E-state index in [-0.39, 0.29) is 29.3 Å². The minimum absolute atomic E-state index is 0.0184. The highest BCUT2D eigenvalue weighted by molar-refractivity contribution is 7.17. The molecule has 4 aromatic heterocycles. The molecule has 0 saturated carbocycles. The van der Waals surface area contributed by atoms with Crippen LogP contribution >= 0.6 is 11.3 Å². The average molecular weight is 480 g/mol.